The summed E-state index contributed by atoms with van der Waals surface area (Å²) < 4.78 is 36.7. The van der Waals surface area contributed by atoms with Gasteiger partial charge in [-0.15, -0.1) is 11.8 Å². The molecule has 1 nitrogen and oxygen atoms in total. The van der Waals surface area contributed by atoms with Crippen LogP contribution in [0.1, 0.15) is 0 Å². The summed E-state index contributed by atoms with van der Waals surface area (Å²) in [5.41, 5.74) is 0. The molecule has 1 rings (SSSR count). The topological polar surface area (TPSA) is 20.2 Å². The number of aliphatic hydroxyl groups is 1. The second-order valence-corrected chi connectivity index (χ2v) is 4.72. The number of hydrogen-bond acceptors (Lipinski definition) is 2. The van der Waals surface area contributed by atoms with Crippen molar-refractivity contribution >= 4 is 27.7 Å². The van der Waals surface area contributed by atoms with Crippen LogP contribution in [0.25, 0.3) is 0 Å². The highest BCUT2D eigenvalue weighted by Gasteiger charge is 2.37. The maximum atomic E-state index is 12.0. The predicted octanol–water partition coefficient (Wildman–Crippen LogP) is 3.46. The third-order valence-electron chi connectivity index (χ3n) is 1.61. The van der Waals surface area contributed by atoms with Gasteiger partial charge in [0.25, 0.3) is 0 Å². The second kappa shape index (κ2) is 5.23. The maximum Gasteiger partial charge on any atom is 0.415 e. The molecule has 0 bridgehead atoms. The summed E-state index contributed by atoms with van der Waals surface area (Å²) in [6, 6.07) is 6.93. The zero-order valence-electron chi connectivity index (χ0n) is 7.46. The molecule has 0 amide bonds. The van der Waals surface area contributed by atoms with Gasteiger partial charge in [-0.2, -0.15) is 13.2 Å². The first-order valence-electron chi connectivity index (χ1n) is 4.03. The van der Waals surface area contributed by atoms with E-state index in [0.717, 1.165) is 16.2 Å². The Morgan fingerprint density at radius 2 is 1.93 bits per heavy atom. The van der Waals surface area contributed by atoms with E-state index >= 15 is 0 Å². The van der Waals surface area contributed by atoms with Gasteiger partial charge in [-0.1, -0.05) is 12.1 Å². The number of aliphatic hydroxyl groups excluding tert-OH is 1. The molecule has 1 aromatic carbocycles. The van der Waals surface area contributed by atoms with Crippen LogP contribution >= 0.6 is 27.7 Å². The van der Waals surface area contributed by atoms with Crippen LogP contribution in [0, 0.1) is 0 Å². The Labute approximate surface area is 97.8 Å². The molecule has 1 atom stereocenters. The summed E-state index contributed by atoms with van der Waals surface area (Å²) in [6.45, 7) is 0. The molecule has 0 aliphatic rings. The summed E-state index contributed by atoms with van der Waals surface area (Å²) in [7, 11) is 0. The summed E-state index contributed by atoms with van der Waals surface area (Å²) in [5.74, 6) is -0.397. The lowest BCUT2D eigenvalue weighted by Crippen LogP contribution is -2.30. The van der Waals surface area contributed by atoms with Crippen molar-refractivity contribution in [3.63, 3.8) is 0 Å². The largest absolute Gasteiger partial charge is 0.415 e. The Morgan fingerprint density at radius 3 is 2.47 bits per heavy atom. The lowest BCUT2D eigenvalue weighted by atomic mass is 10.4. The van der Waals surface area contributed by atoms with Crippen LogP contribution in [0.4, 0.5) is 13.2 Å². The van der Waals surface area contributed by atoms with Gasteiger partial charge >= 0.3 is 6.18 Å². The van der Waals surface area contributed by atoms with Crippen molar-refractivity contribution < 1.29 is 18.3 Å². The minimum absolute atomic E-state index is 0.397. The Bertz CT molecular complexity index is 329. The SMILES string of the molecule is OC(CSc1ccccc1Br)C(F)(F)F. The average Bonchev–Trinajstić information content (AvgIpc) is 2.14. The van der Waals surface area contributed by atoms with Gasteiger partial charge in [0.1, 0.15) is 0 Å². The fourth-order valence-corrected chi connectivity index (χ4v) is 2.36. The number of halogens is 4. The number of rotatable bonds is 3. The first-order chi connectivity index (χ1) is 6.91. The van der Waals surface area contributed by atoms with Crippen molar-refractivity contribution in [2.75, 3.05) is 5.75 Å². The molecule has 0 saturated heterocycles. The first-order valence-corrected chi connectivity index (χ1v) is 5.81. The molecule has 1 N–H and O–H groups in total. The third kappa shape index (κ3) is 4.04. The number of thioether (sulfide) groups is 1. The van der Waals surface area contributed by atoms with Crippen LogP contribution in [0.5, 0.6) is 0 Å². The van der Waals surface area contributed by atoms with Crippen LogP contribution in [0.15, 0.2) is 33.6 Å². The zero-order chi connectivity index (χ0) is 11.5. The molecule has 0 aliphatic carbocycles. The Hall–Kier alpha value is -0.200. The predicted molar refractivity (Wildman–Crippen MR) is 56.9 cm³/mol. The lowest BCUT2D eigenvalue weighted by molar-refractivity contribution is -0.195. The van der Waals surface area contributed by atoms with Gasteiger partial charge in [0.2, 0.25) is 0 Å². The fourth-order valence-electron chi connectivity index (χ4n) is 0.825. The van der Waals surface area contributed by atoms with Crippen LogP contribution < -0.4 is 0 Å². The molecule has 1 aromatic rings. The third-order valence-corrected chi connectivity index (χ3v) is 3.71. The summed E-state index contributed by atoms with van der Waals surface area (Å²) >= 11 is 4.18. The normalized spacial score (nSPS) is 13.9. The molecule has 0 radical (unpaired) electrons. The fraction of sp³-hybridized carbons (Fsp3) is 0.333. The van der Waals surface area contributed by atoms with E-state index in [4.69, 9.17) is 5.11 Å². The zero-order valence-corrected chi connectivity index (χ0v) is 9.86. The second-order valence-electron chi connectivity index (χ2n) is 2.80. The average molecular weight is 301 g/mol. The van der Waals surface area contributed by atoms with Gasteiger partial charge in [-0.05, 0) is 28.1 Å². The van der Waals surface area contributed by atoms with E-state index in [0.29, 0.717) is 4.90 Å². The summed E-state index contributed by atoms with van der Waals surface area (Å²) in [5, 5.41) is 8.78. The van der Waals surface area contributed by atoms with Gasteiger partial charge in [0.15, 0.2) is 6.10 Å². The maximum absolute atomic E-state index is 12.0. The van der Waals surface area contributed by atoms with E-state index in [9.17, 15) is 13.2 Å². The molecule has 0 aliphatic heterocycles. The van der Waals surface area contributed by atoms with E-state index in [-0.39, 0.29) is 0 Å². The molecule has 6 heteroatoms. The van der Waals surface area contributed by atoms with Crippen molar-refractivity contribution in [2.24, 2.45) is 0 Å². The van der Waals surface area contributed by atoms with Crippen LogP contribution in [0.3, 0.4) is 0 Å². The van der Waals surface area contributed by atoms with E-state index in [1.54, 1.807) is 24.3 Å². The molecule has 15 heavy (non-hydrogen) atoms. The number of hydrogen-bond donors (Lipinski definition) is 1. The molecule has 1 unspecified atom stereocenters. The molecule has 0 aromatic heterocycles. The smallest absolute Gasteiger partial charge is 0.383 e. The number of alkyl halides is 3. The molecule has 0 heterocycles. The van der Waals surface area contributed by atoms with Gasteiger partial charge in [-0.25, -0.2) is 0 Å². The Morgan fingerprint density at radius 1 is 1.33 bits per heavy atom. The quantitative estimate of drug-likeness (QED) is 0.863. The van der Waals surface area contributed by atoms with E-state index in [2.05, 4.69) is 15.9 Å². The van der Waals surface area contributed by atoms with Crippen LogP contribution in [0.2, 0.25) is 0 Å². The van der Waals surface area contributed by atoms with Crippen molar-refractivity contribution in [3.05, 3.63) is 28.7 Å². The summed E-state index contributed by atoms with van der Waals surface area (Å²) in [6.07, 6.45) is -6.83. The number of benzene rings is 1. The van der Waals surface area contributed by atoms with Gasteiger partial charge in [0.05, 0.1) is 0 Å². The molecular formula is C9H8BrF3OS. The summed E-state index contributed by atoms with van der Waals surface area (Å²) in [4.78, 5) is 0.681. The van der Waals surface area contributed by atoms with Gasteiger partial charge in [0, 0.05) is 15.1 Å². The highest BCUT2D eigenvalue weighted by atomic mass is 79.9. The van der Waals surface area contributed by atoms with E-state index in [1.807, 2.05) is 0 Å². The highest BCUT2D eigenvalue weighted by Crippen LogP contribution is 2.30. The molecule has 84 valence electrons. The monoisotopic (exact) mass is 300 g/mol. The minimum atomic E-state index is -4.55. The van der Waals surface area contributed by atoms with Crippen molar-refractivity contribution in [1.29, 1.82) is 0 Å². The lowest BCUT2D eigenvalue weighted by Gasteiger charge is -2.14. The van der Waals surface area contributed by atoms with Crippen molar-refractivity contribution in [3.8, 4) is 0 Å². The van der Waals surface area contributed by atoms with Crippen LogP contribution in [-0.4, -0.2) is 23.1 Å². The van der Waals surface area contributed by atoms with E-state index in [1.165, 1.54) is 0 Å². The molecule has 0 fully saturated rings. The van der Waals surface area contributed by atoms with Gasteiger partial charge < -0.3 is 5.11 Å². The molecular weight excluding hydrogens is 293 g/mol. The highest BCUT2D eigenvalue weighted by molar-refractivity contribution is 9.10. The standard InChI is InChI=1S/C9H8BrF3OS/c10-6-3-1-2-4-7(6)15-5-8(14)9(11,12)13/h1-4,8,14H,5H2. The van der Waals surface area contributed by atoms with Gasteiger partial charge in [-0.3, -0.25) is 0 Å². The minimum Gasteiger partial charge on any atom is -0.383 e. The van der Waals surface area contributed by atoms with Crippen LogP contribution in [-0.2, 0) is 0 Å². The molecule has 0 spiro atoms. The van der Waals surface area contributed by atoms with Crippen molar-refractivity contribution in [2.45, 2.75) is 17.2 Å². The Balaban J connectivity index is 2.55. The Kier molecular flexibility index (Phi) is 4.48. The first kappa shape index (κ1) is 12.9. The van der Waals surface area contributed by atoms with E-state index < -0.39 is 18.0 Å². The van der Waals surface area contributed by atoms with Crippen molar-refractivity contribution in [1.82, 2.24) is 0 Å². The molecule has 0 saturated carbocycles.